The normalized spacial score (nSPS) is 16.8. The molecule has 0 radical (unpaired) electrons. The number of anilines is 1. The van der Waals surface area contributed by atoms with Gasteiger partial charge in [0.15, 0.2) is 5.82 Å². The maximum atomic E-state index is 13.7. The highest BCUT2D eigenvalue weighted by Gasteiger charge is 2.32. The number of aliphatic carboxylic acids is 1. The van der Waals surface area contributed by atoms with Gasteiger partial charge >= 0.3 is 12.1 Å². The smallest absolute Gasteiger partial charge is 0.409 e. The second kappa shape index (κ2) is 18.2. The standard InChI is InChI=1S/C30H40N6O7.CH2O2/c1-3-43-30(41)35-17-15-34(16-18-35)29(40)23(12-13-26(37)38)32-28(39)24-19-25(36-14-8-7-11-22(36)20-42-2)33-27(31-24)21-9-5-4-6-10-21;2-1-3/h4-6,9-10,19,22-23H,3,7-8,11-18,20H2,1-2H3,(H,32,39)(H,37,38);1H,(H,2,3)/t22?,23-;/m0./s1. The van der Waals surface area contributed by atoms with Gasteiger partial charge in [-0.05, 0) is 32.6 Å². The van der Waals surface area contributed by atoms with Gasteiger partial charge in [-0.2, -0.15) is 0 Å². The molecule has 2 saturated heterocycles. The first-order valence-corrected chi connectivity index (χ1v) is 15.2. The number of carboxylic acids is 1. The number of hydrogen-bond donors (Lipinski definition) is 3. The highest BCUT2D eigenvalue weighted by atomic mass is 16.6. The fourth-order valence-corrected chi connectivity index (χ4v) is 5.38. The molecular formula is C31H42N6O9. The number of carbonyl (C=O) groups is 5. The number of amides is 3. The van der Waals surface area contributed by atoms with Crippen LogP contribution < -0.4 is 10.2 Å². The summed E-state index contributed by atoms with van der Waals surface area (Å²) < 4.78 is 10.5. The summed E-state index contributed by atoms with van der Waals surface area (Å²) >= 11 is 0. The van der Waals surface area contributed by atoms with Crippen LogP contribution in [0.25, 0.3) is 11.4 Å². The van der Waals surface area contributed by atoms with Crippen LogP contribution in [0.1, 0.15) is 49.5 Å². The van der Waals surface area contributed by atoms with Crippen molar-refractivity contribution in [3.63, 3.8) is 0 Å². The number of methoxy groups -OCH3 is 1. The molecule has 3 heterocycles. The van der Waals surface area contributed by atoms with Crippen LogP contribution in [0.5, 0.6) is 0 Å². The summed E-state index contributed by atoms with van der Waals surface area (Å²) in [5.41, 5.74) is 0.808. The van der Waals surface area contributed by atoms with Crippen molar-refractivity contribution in [2.45, 2.75) is 51.1 Å². The summed E-state index contributed by atoms with van der Waals surface area (Å²) in [6, 6.07) is 9.94. The lowest BCUT2D eigenvalue weighted by molar-refractivity contribution is -0.138. The minimum Gasteiger partial charge on any atom is -0.483 e. The number of rotatable bonds is 11. The minimum atomic E-state index is -1.09. The largest absolute Gasteiger partial charge is 0.483 e. The number of benzene rings is 1. The highest BCUT2D eigenvalue weighted by Crippen LogP contribution is 2.27. The van der Waals surface area contributed by atoms with Crippen LogP contribution in [0.3, 0.4) is 0 Å². The quantitative estimate of drug-likeness (QED) is 0.303. The van der Waals surface area contributed by atoms with E-state index in [1.54, 1.807) is 20.1 Å². The number of carboxylic acid groups (broad SMARTS) is 2. The Bertz CT molecular complexity index is 1320. The third-order valence-electron chi connectivity index (χ3n) is 7.63. The molecule has 15 heteroatoms. The SMILES string of the molecule is CCOC(=O)N1CCN(C(=O)[C@H](CCC(=O)O)NC(=O)c2cc(N3CCCCC3COC)nc(-c3ccccc3)n2)CC1.O=CO. The summed E-state index contributed by atoms with van der Waals surface area (Å²) in [5, 5.41) is 19.0. The Kier molecular flexibility index (Phi) is 14.2. The van der Waals surface area contributed by atoms with Gasteiger partial charge in [0.1, 0.15) is 17.6 Å². The average Bonchev–Trinajstić information content (AvgIpc) is 3.07. The zero-order chi connectivity index (χ0) is 33.5. The third kappa shape index (κ3) is 10.1. The number of ether oxygens (including phenoxy) is 2. The van der Waals surface area contributed by atoms with Crippen LogP contribution in [0.2, 0.25) is 0 Å². The molecule has 2 aliphatic rings. The Morgan fingerprint density at radius 2 is 1.72 bits per heavy atom. The molecule has 0 aliphatic carbocycles. The van der Waals surface area contributed by atoms with Gasteiger partial charge in [-0.25, -0.2) is 14.8 Å². The summed E-state index contributed by atoms with van der Waals surface area (Å²) in [6.45, 7) is 4.02. The molecule has 3 N–H and O–H groups in total. The van der Waals surface area contributed by atoms with Crippen molar-refractivity contribution in [3.05, 3.63) is 42.1 Å². The minimum absolute atomic E-state index is 0.0749. The van der Waals surface area contributed by atoms with Crippen molar-refractivity contribution >= 4 is 36.2 Å². The van der Waals surface area contributed by atoms with Gasteiger partial charge < -0.3 is 39.7 Å². The number of aromatic nitrogens is 2. The maximum absolute atomic E-state index is 13.7. The van der Waals surface area contributed by atoms with Gasteiger partial charge in [-0.15, -0.1) is 0 Å². The van der Waals surface area contributed by atoms with E-state index in [1.807, 2.05) is 30.3 Å². The predicted octanol–water partition coefficient (Wildman–Crippen LogP) is 2.11. The third-order valence-corrected chi connectivity index (χ3v) is 7.63. The predicted molar refractivity (Wildman–Crippen MR) is 166 cm³/mol. The first-order chi connectivity index (χ1) is 22.2. The van der Waals surface area contributed by atoms with E-state index in [4.69, 9.17) is 24.4 Å². The molecule has 1 unspecified atom stereocenters. The van der Waals surface area contributed by atoms with Crippen LogP contribution in [0.15, 0.2) is 36.4 Å². The Labute approximate surface area is 267 Å². The van der Waals surface area contributed by atoms with E-state index < -0.39 is 29.9 Å². The number of nitrogens with one attached hydrogen (secondary N) is 1. The number of hydrogen-bond acceptors (Lipinski definition) is 10. The molecule has 3 amide bonds. The first kappa shape index (κ1) is 35.7. The van der Waals surface area contributed by atoms with Crippen molar-refractivity contribution < 1.29 is 43.7 Å². The van der Waals surface area contributed by atoms with Crippen molar-refractivity contribution in [2.75, 3.05) is 57.9 Å². The topological polar surface area (TPSA) is 192 Å². The molecule has 15 nitrogen and oxygen atoms in total. The monoisotopic (exact) mass is 642 g/mol. The first-order valence-electron chi connectivity index (χ1n) is 15.2. The molecule has 250 valence electrons. The Morgan fingerprint density at radius 1 is 1.04 bits per heavy atom. The number of piperazine rings is 1. The summed E-state index contributed by atoms with van der Waals surface area (Å²) in [7, 11) is 1.66. The number of carbonyl (C=O) groups excluding carboxylic acids is 3. The van der Waals surface area contributed by atoms with Gasteiger partial charge in [0.05, 0.1) is 19.3 Å². The number of piperidine rings is 1. The molecule has 2 fully saturated rings. The van der Waals surface area contributed by atoms with Gasteiger partial charge in [-0.1, -0.05) is 30.3 Å². The van der Waals surface area contributed by atoms with E-state index in [0.717, 1.165) is 31.4 Å². The second-order valence-corrected chi connectivity index (χ2v) is 10.7. The van der Waals surface area contributed by atoms with E-state index in [0.29, 0.717) is 18.2 Å². The molecule has 2 aromatic rings. The molecular weight excluding hydrogens is 600 g/mol. The van der Waals surface area contributed by atoms with E-state index in [9.17, 15) is 24.3 Å². The van der Waals surface area contributed by atoms with Gasteiger partial charge in [0.25, 0.3) is 12.4 Å². The molecule has 1 aromatic heterocycles. The zero-order valence-corrected chi connectivity index (χ0v) is 26.2. The highest BCUT2D eigenvalue weighted by molar-refractivity contribution is 5.97. The van der Waals surface area contributed by atoms with Crippen molar-refractivity contribution in [1.82, 2.24) is 25.1 Å². The second-order valence-electron chi connectivity index (χ2n) is 10.7. The molecule has 0 saturated carbocycles. The fraction of sp³-hybridized carbons (Fsp3) is 0.516. The summed E-state index contributed by atoms with van der Waals surface area (Å²) in [5.74, 6) is -1.14. The van der Waals surface area contributed by atoms with Crippen LogP contribution in [0.4, 0.5) is 10.6 Å². The Balaban J connectivity index is 0.00000185. The lowest BCUT2D eigenvalue weighted by atomic mass is 10.0. The van der Waals surface area contributed by atoms with Crippen molar-refractivity contribution in [1.29, 1.82) is 0 Å². The zero-order valence-electron chi connectivity index (χ0n) is 26.2. The lowest BCUT2D eigenvalue weighted by Crippen LogP contribution is -2.56. The molecule has 0 spiro atoms. The van der Waals surface area contributed by atoms with Gasteiger partial charge in [-0.3, -0.25) is 19.2 Å². The van der Waals surface area contributed by atoms with Gasteiger partial charge in [0, 0.05) is 57.9 Å². The van der Waals surface area contributed by atoms with Crippen LogP contribution in [-0.2, 0) is 23.9 Å². The van der Waals surface area contributed by atoms with Crippen molar-refractivity contribution in [3.8, 4) is 11.4 Å². The molecule has 4 rings (SSSR count). The van der Waals surface area contributed by atoms with Crippen LogP contribution in [-0.4, -0.2) is 125 Å². The maximum Gasteiger partial charge on any atom is 0.409 e. The number of nitrogens with zero attached hydrogens (tertiary/aromatic N) is 5. The van der Waals surface area contributed by atoms with Crippen LogP contribution >= 0.6 is 0 Å². The molecule has 2 aliphatic heterocycles. The van der Waals surface area contributed by atoms with Crippen molar-refractivity contribution in [2.24, 2.45) is 0 Å². The fourth-order valence-electron chi connectivity index (χ4n) is 5.38. The lowest BCUT2D eigenvalue weighted by Gasteiger charge is -2.36. The van der Waals surface area contributed by atoms with E-state index in [-0.39, 0.29) is 63.8 Å². The average molecular weight is 643 g/mol. The van der Waals surface area contributed by atoms with E-state index in [1.165, 1.54) is 9.80 Å². The van der Waals surface area contributed by atoms with E-state index in [2.05, 4.69) is 15.2 Å². The molecule has 2 atom stereocenters. The van der Waals surface area contributed by atoms with E-state index >= 15 is 0 Å². The molecule has 1 aromatic carbocycles. The van der Waals surface area contributed by atoms with Gasteiger partial charge in [0.2, 0.25) is 5.91 Å². The summed E-state index contributed by atoms with van der Waals surface area (Å²) in [4.78, 5) is 73.6. The van der Waals surface area contributed by atoms with Crippen LogP contribution in [0, 0.1) is 0 Å². The Morgan fingerprint density at radius 3 is 2.35 bits per heavy atom. The Hall–Kier alpha value is -4.79. The molecule has 46 heavy (non-hydrogen) atoms. The molecule has 0 bridgehead atoms. The summed E-state index contributed by atoms with van der Waals surface area (Å²) in [6.07, 6.45) is 2.12.